The van der Waals surface area contributed by atoms with Gasteiger partial charge in [-0.1, -0.05) is 42.5 Å². The van der Waals surface area contributed by atoms with Gasteiger partial charge in [-0.2, -0.15) is 0 Å². The molecule has 0 saturated carbocycles. The number of pyridine rings is 1. The number of ether oxygens (including phenoxy) is 2. The van der Waals surface area contributed by atoms with Crippen molar-refractivity contribution in [1.82, 2.24) is 9.88 Å². The number of piperidine rings is 1. The molecule has 1 unspecified atom stereocenters. The number of hydrogen-bond acceptors (Lipinski definition) is 6. The number of carboxylic acid groups (broad SMARTS) is 1. The Bertz CT molecular complexity index is 1710. The van der Waals surface area contributed by atoms with E-state index in [2.05, 4.69) is 29.2 Å². The molecular formula is C35H37N3O5. The molecule has 2 aliphatic rings. The van der Waals surface area contributed by atoms with Gasteiger partial charge in [0.15, 0.2) is 0 Å². The second kappa shape index (κ2) is 11.2. The molecule has 1 aliphatic carbocycles. The first-order valence-corrected chi connectivity index (χ1v) is 14.9. The van der Waals surface area contributed by atoms with E-state index in [1.807, 2.05) is 57.2 Å². The minimum Gasteiger partial charge on any atom is -0.485 e. The van der Waals surface area contributed by atoms with Crippen molar-refractivity contribution in [3.8, 4) is 16.9 Å². The van der Waals surface area contributed by atoms with Crippen LogP contribution in [0.1, 0.15) is 61.5 Å². The predicted molar refractivity (Wildman–Crippen MR) is 166 cm³/mol. The van der Waals surface area contributed by atoms with E-state index in [0.717, 1.165) is 52.3 Å². The lowest BCUT2D eigenvalue weighted by molar-refractivity contribution is -0.136. The van der Waals surface area contributed by atoms with Gasteiger partial charge in [0.25, 0.3) is 0 Å². The quantitative estimate of drug-likeness (QED) is 0.257. The largest absolute Gasteiger partial charge is 0.485 e. The summed E-state index contributed by atoms with van der Waals surface area (Å²) in [5.74, 6) is 0.201. The molecule has 0 radical (unpaired) electrons. The zero-order valence-electron chi connectivity index (χ0n) is 24.8. The molecule has 1 saturated heterocycles. The predicted octanol–water partition coefficient (Wildman–Crippen LogP) is 6.82. The number of aromatic nitrogens is 1. The van der Waals surface area contributed by atoms with Crippen LogP contribution in [0.4, 0.5) is 10.6 Å². The van der Waals surface area contributed by atoms with Crippen LogP contribution in [0.5, 0.6) is 5.75 Å². The summed E-state index contributed by atoms with van der Waals surface area (Å²) in [5, 5.41) is 11.5. The van der Waals surface area contributed by atoms with Gasteiger partial charge in [-0.15, -0.1) is 0 Å². The number of hydrogen-bond donors (Lipinski definition) is 2. The van der Waals surface area contributed by atoms with Gasteiger partial charge in [0.2, 0.25) is 0 Å². The number of fused-ring (bicyclic) bond motifs is 3. The van der Waals surface area contributed by atoms with Crippen molar-refractivity contribution in [2.24, 2.45) is 0 Å². The highest BCUT2D eigenvalue weighted by molar-refractivity contribution is 6.01. The fraction of sp³-hybridized carbons (Fsp3) is 0.343. The third-order valence-electron chi connectivity index (χ3n) is 8.97. The highest BCUT2D eigenvalue weighted by Crippen LogP contribution is 2.53. The number of carboxylic acids is 1. The normalized spacial score (nSPS) is 17.3. The molecule has 4 aromatic rings. The number of aryl methyl sites for hydroxylation is 1. The molecule has 3 N–H and O–H groups in total. The van der Waals surface area contributed by atoms with Gasteiger partial charge in [0.05, 0.1) is 12.5 Å². The zero-order chi connectivity index (χ0) is 30.3. The highest BCUT2D eigenvalue weighted by atomic mass is 16.6. The van der Waals surface area contributed by atoms with Crippen LogP contribution >= 0.6 is 0 Å². The molecule has 1 aliphatic heterocycles. The minimum atomic E-state index is -0.893. The molecular weight excluding hydrogens is 542 g/mol. The van der Waals surface area contributed by atoms with Crippen molar-refractivity contribution < 1.29 is 24.2 Å². The van der Waals surface area contributed by atoms with Gasteiger partial charge in [-0.3, -0.25) is 4.79 Å². The second-order valence-corrected chi connectivity index (χ2v) is 12.0. The lowest BCUT2D eigenvalue weighted by Crippen LogP contribution is -2.45. The highest BCUT2D eigenvalue weighted by Gasteiger charge is 2.47. The number of carbonyl (C=O) groups excluding carboxylic acids is 1. The first-order valence-electron chi connectivity index (χ1n) is 14.9. The number of likely N-dealkylation sites (tertiary alicyclic amines) is 1. The van der Waals surface area contributed by atoms with Crippen molar-refractivity contribution in [1.29, 1.82) is 0 Å². The number of nitrogens with two attached hydrogens (primary N) is 1. The van der Waals surface area contributed by atoms with E-state index in [1.54, 1.807) is 11.1 Å². The molecule has 8 heteroatoms. The summed E-state index contributed by atoms with van der Waals surface area (Å²) in [6, 6.07) is 20.3. The van der Waals surface area contributed by atoms with Crippen molar-refractivity contribution in [3.05, 3.63) is 89.1 Å². The van der Waals surface area contributed by atoms with E-state index in [9.17, 15) is 14.7 Å². The number of nitrogens with zero attached hydrogens (tertiary/aromatic N) is 2. The molecule has 1 fully saturated rings. The third-order valence-corrected chi connectivity index (χ3v) is 8.97. The lowest BCUT2D eigenvalue weighted by Gasteiger charge is -2.40. The van der Waals surface area contributed by atoms with Crippen LogP contribution in [0.3, 0.4) is 0 Å². The summed E-state index contributed by atoms with van der Waals surface area (Å²) in [5.41, 5.74) is 12.0. The Labute approximate surface area is 251 Å². The number of amides is 1. The number of rotatable bonds is 6. The summed E-state index contributed by atoms with van der Waals surface area (Å²) in [6.45, 7) is 6.84. The van der Waals surface area contributed by atoms with E-state index in [-0.39, 0.29) is 30.1 Å². The van der Waals surface area contributed by atoms with Crippen LogP contribution < -0.4 is 10.5 Å². The van der Waals surface area contributed by atoms with Gasteiger partial charge in [0.1, 0.15) is 17.7 Å². The Hall–Kier alpha value is -4.59. The molecule has 2 heterocycles. The van der Waals surface area contributed by atoms with E-state index in [1.165, 1.54) is 5.56 Å². The maximum Gasteiger partial charge on any atom is 0.410 e. The standard InChI is InChI=1S/C35H37N3O5/c1-21(2)42-34(41)38-16-13-35(14-17-38)20-31(43-30-9-4-6-22(3)27(30)19-32(39)40)28-18-23(10-11-29(28)35)24-7-5-8-26-25(24)12-15-37-33(26)36/h4-12,15,18,21,31H,13-14,16-17,19-20H2,1-3H3,(H2,36,37)(H,39,40). The fourth-order valence-corrected chi connectivity index (χ4v) is 6.82. The monoisotopic (exact) mass is 579 g/mol. The Balaban J connectivity index is 1.40. The molecule has 8 nitrogen and oxygen atoms in total. The summed E-state index contributed by atoms with van der Waals surface area (Å²) in [7, 11) is 0. The summed E-state index contributed by atoms with van der Waals surface area (Å²) >= 11 is 0. The Morgan fingerprint density at radius 3 is 2.58 bits per heavy atom. The molecule has 3 aromatic carbocycles. The molecule has 1 amide bonds. The molecule has 0 bridgehead atoms. The van der Waals surface area contributed by atoms with E-state index in [0.29, 0.717) is 30.2 Å². The van der Waals surface area contributed by atoms with Crippen LogP contribution in [-0.2, 0) is 21.4 Å². The van der Waals surface area contributed by atoms with Crippen LogP contribution in [0.2, 0.25) is 0 Å². The van der Waals surface area contributed by atoms with Crippen LogP contribution in [0.25, 0.3) is 21.9 Å². The summed E-state index contributed by atoms with van der Waals surface area (Å²) in [6.07, 6.45) is 3.24. The number of aliphatic carboxylic acids is 1. The Morgan fingerprint density at radius 2 is 1.84 bits per heavy atom. The molecule has 6 rings (SSSR count). The second-order valence-electron chi connectivity index (χ2n) is 12.0. The smallest absolute Gasteiger partial charge is 0.410 e. The topological polar surface area (TPSA) is 115 Å². The van der Waals surface area contributed by atoms with E-state index in [4.69, 9.17) is 15.2 Å². The number of carbonyl (C=O) groups is 2. The van der Waals surface area contributed by atoms with Gasteiger partial charge in [-0.25, -0.2) is 9.78 Å². The first kappa shape index (κ1) is 28.5. The Morgan fingerprint density at radius 1 is 1.07 bits per heavy atom. The van der Waals surface area contributed by atoms with Gasteiger partial charge >= 0.3 is 12.1 Å². The SMILES string of the molecule is Cc1cccc(OC2CC3(CCN(C(=O)OC(C)C)CC3)c3ccc(-c4cccc5c(N)nccc45)cc32)c1CC(=O)O. The number of nitrogen functional groups attached to an aromatic ring is 1. The lowest BCUT2D eigenvalue weighted by atomic mass is 9.73. The van der Waals surface area contributed by atoms with E-state index >= 15 is 0 Å². The zero-order valence-corrected chi connectivity index (χ0v) is 24.8. The molecule has 1 atom stereocenters. The van der Waals surface area contributed by atoms with Crippen LogP contribution in [0, 0.1) is 6.92 Å². The maximum atomic E-state index is 12.7. The first-order chi connectivity index (χ1) is 20.6. The average molecular weight is 580 g/mol. The fourth-order valence-electron chi connectivity index (χ4n) is 6.82. The third kappa shape index (κ3) is 5.38. The molecule has 43 heavy (non-hydrogen) atoms. The van der Waals surface area contributed by atoms with Crippen molar-refractivity contribution in [2.75, 3.05) is 18.8 Å². The molecule has 222 valence electrons. The maximum absolute atomic E-state index is 12.7. The van der Waals surface area contributed by atoms with Crippen LogP contribution in [0.15, 0.2) is 66.9 Å². The van der Waals surface area contributed by atoms with E-state index < -0.39 is 5.97 Å². The van der Waals surface area contributed by atoms with Gasteiger partial charge in [0, 0.05) is 35.7 Å². The van der Waals surface area contributed by atoms with Crippen molar-refractivity contribution in [3.63, 3.8) is 0 Å². The number of benzene rings is 3. The van der Waals surface area contributed by atoms with Crippen molar-refractivity contribution >= 4 is 28.7 Å². The molecule has 1 spiro atoms. The summed E-state index contributed by atoms with van der Waals surface area (Å²) in [4.78, 5) is 30.5. The van der Waals surface area contributed by atoms with Gasteiger partial charge < -0.3 is 25.2 Å². The van der Waals surface area contributed by atoms with Crippen molar-refractivity contribution in [2.45, 2.75) is 64.1 Å². The Kier molecular flexibility index (Phi) is 7.46. The van der Waals surface area contributed by atoms with Crippen LogP contribution in [-0.4, -0.2) is 46.2 Å². The minimum absolute atomic E-state index is 0.106. The summed E-state index contributed by atoms with van der Waals surface area (Å²) < 4.78 is 12.2. The molecule has 1 aromatic heterocycles. The number of anilines is 1. The average Bonchev–Trinajstić information content (AvgIpc) is 3.26. The van der Waals surface area contributed by atoms with Gasteiger partial charge in [-0.05, 0) is 91.4 Å².